The van der Waals surface area contributed by atoms with Crippen molar-refractivity contribution in [1.29, 1.82) is 0 Å². The Bertz CT molecular complexity index is 312. The lowest BCUT2D eigenvalue weighted by Gasteiger charge is -2.08. The van der Waals surface area contributed by atoms with Gasteiger partial charge in [-0.05, 0) is 18.6 Å². The van der Waals surface area contributed by atoms with Crippen molar-refractivity contribution in [1.82, 2.24) is 5.32 Å². The topological polar surface area (TPSA) is 67.2 Å². The third-order valence-corrected chi connectivity index (χ3v) is 1.74. The van der Waals surface area contributed by atoms with E-state index < -0.39 is 0 Å². The number of nitrogens with two attached hydrogens (primary N) is 1. The van der Waals surface area contributed by atoms with Gasteiger partial charge in [-0.15, -0.1) is 0 Å². The smallest absolute Gasteiger partial charge is 0.319 e. The number of hydrogen-bond acceptors (Lipinski definition) is 2. The molecule has 4 N–H and O–H groups in total. The Morgan fingerprint density at radius 3 is 2.79 bits per heavy atom. The SMILES string of the molecule is CCCNC(=O)Nc1ccccc1N. The Labute approximate surface area is 83.5 Å². The van der Waals surface area contributed by atoms with E-state index in [1.54, 1.807) is 12.1 Å². The summed E-state index contributed by atoms with van der Waals surface area (Å²) < 4.78 is 0. The van der Waals surface area contributed by atoms with Gasteiger partial charge in [-0.2, -0.15) is 0 Å². The van der Waals surface area contributed by atoms with Crippen LogP contribution in [0.2, 0.25) is 0 Å². The van der Waals surface area contributed by atoms with Crippen LogP contribution in [-0.4, -0.2) is 12.6 Å². The lowest BCUT2D eigenvalue weighted by molar-refractivity contribution is 0.252. The summed E-state index contributed by atoms with van der Waals surface area (Å²) in [5.74, 6) is 0. The van der Waals surface area contributed by atoms with Crippen LogP contribution in [0.4, 0.5) is 16.2 Å². The first kappa shape index (κ1) is 10.4. The molecule has 0 radical (unpaired) electrons. The second-order valence-corrected chi connectivity index (χ2v) is 2.97. The fraction of sp³-hybridized carbons (Fsp3) is 0.300. The van der Waals surface area contributed by atoms with Crippen molar-refractivity contribution in [3.8, 4) is 0 Å². The number of urea groups is 1. The molecule has 0 aliphatic heterocycles. The van der Waals surface area contributed by atoms with E-state index in [9.17, 15) is 4.79 Å². The Morgan fingerprint density at radius 2 is 2.14 bits per heavy atom. The van der Waals surface area contributed by atoms with E-state index in [0.717, 1.165) is 6.42 Å². The fourth-order valence-corrected chi connectivity index (χ4v) is 1.02. The fourth-order valence-electron chi connectivity index (χ4n) is 1.02. The summed E-state index contributed by atoms with van der Waals surface area (Å²) in [6.07, 6.45) is 0.914. The average molecular weight is 193 g/mol. The summed E-state index contributed by atoms with van der Waals surface area (Å²) in [6.45, 7) is 2.66. The van der Waals surface area contributed by atoms with E-state index in [1.807, 2.05) is 19.1 Å². The predicted molar refractivity (Wildman–Crippen MR) is 58.2 cm³/mol. The predicted octanol–water partition coefficient (Wildman–Crippen LogP) is 1.80. The van der Waals surface area contributed by atoms with Crippen LogP contribution in [-0.2, 0) is 0 Å². The number of amides is 2. The van der Waals surface area contributed by atoms with Crippen LogP contribution in [0.5, 0.6) is 0 Å². The molecule has 0 aliphatic rings. The van der Waals surface area contributed by atoms with Gasteiger partial charge < -0.3 is 16.4 Å². The quantitative estimate of drug-likeness (QED) is 0.641. The summed E-state index contributed by atoms with van der Waals surface area (Å²) in [7, 11) is 0. The minimum atomic E-state index is -0.218. The largest absolute Gasteiger partial charge is 0.397 e. The highest BCUT2D eigenvalue weighted by Crippen LogP contribution is 2.15. The zero-order chi connectivity index (χ0) is 10.4. The van der Waals surface area contributed by atoms with Crippen LogP contribution in [0.15, 0.2) is 24.3 Å². The number of rotatable bonds is 3. The molecule has 0 aliphatic carbocycles. The third-order valence-electron chi connectivity index (χ3n) is 1.74. The molecule has 0 spiro atoms. The molecule has 4 heteroatoms. The molecular formula is C10H15N3O. The monoisotopic (exact) mass is 193 g/mol. The molecule has 0 fully saturated rings. The van der Waals surface area contributed by atoms with Gasteiger partial charge in [0, 0.05) is 6.54 Å². The van der Waals surface area contributed by atoms with Gasteiger partial charge >= 0.3 is 6.03 Å². The number of carbonyl (C=O) groups excluding carboxylic acids is 1. The van der Waals surface area contributed by atoms with Gasteiger partial charge in [-0.25, -0.2) is 4.79 Å². The van der Waals surface area contributed by atoms with Crippen LogP contribution in [0.3, 0.4) is 0 Å². The molecular weight excluding hydrogens is 178 g/mol. The number of nitrogen functional groups attached to an aromatic ring is 1. The number of anilines is 2. The summed E-state index contributed by atoms with van der Waals surface area (Å²) >= 11 is 0. The Balaban J connectivity index is 2.52. The maximum atomic E-state index is 11.2. The zero-order valence-corrected chi connectivity index (χ0v) is 8.21. The maximum Gasteiger partial charge on any atom is 0.319 e. The summed E-state index contributed by atoms with van der Waals surface area (Å²) in [6, 6.07) is 6.94. The lowest BCUT2D eigenvalue weighted by Crippen LogP contribution is -2.29. The van der Waals surface area contributed by atoms with Gasteiger partial charge in [0.15, 0.2) is 0 Å². The minimum Gasteiger partial charge on any atom is -0.397 e. The second-order valence-electron chi connectivity index (χ2n) is 2.97. The Kier molecular flexibility index (Phi) is 3.79. The van der Waals surface area contributed by atoms with E-state index >= 15 is 0 Å². The maximum absolute atomic E-state index is 11.2. The first-order chi connectivity index (χ1) is 6.74. The second kappa shape index (κ2) is 5.11. The Morgan fingerprint density at radius 1 is 1.43 bits per heavy atom. The van der Waals surface area contributed by atoms with Crippen molar-refractivity contribution < 1.29 is 4.79 Å². The molecule has 4 nitrogen and oxygen atoms in total. The van der Waals surface area contributed by atoms with E-state index in [-0.39, 0.29) is 6.03 Å². The van der Waals surface area contributed by atoms with Gasteiger partial charge in [-0.1, -0.05) is 19.1 Å². The summed E-state index contributed by atoms with van der Waals surface area (Å²) in [4.78, 5) is 11.2. The molecule has 2 amide bonds. The van der Waals surface area contributed by atoms with Crippen LogP contribution >= 0.6 is 0 Å². The molecule has 76 valence electrons. The van der Waals surface area contributed by atoms with Crippen molar-refractivity contribution in [2.24, 2.45) is 0 Å². The molecule has 0 saturated carbocycles. The van der Waals surface area contributed by atoms with Gasteiger partial charge in [0.05, 0.1) is 11.4 Å². The van der Waals surface area contributed by atoms with E-state index in [0.29, 0.717) is 17.9 Å². The van der Waals surface area contributed by atoms with Crippen LogP contribution in [0, 0.1) is 0 Å². The molecule has 1 aromatic rings. The van der Waals surface area contributed by atoms with E-state index in [4.69, 9.17) is 5.73 Å². The highest BCUT2D eigenvalue weighted by atomic mass is 16.2. The highest BCUT2D eigenvalue weighted by Gasteiger charge is 2.01. The van der Waals surface area contributed by atoms with E-state index in [2.05, 4.69) is 10.6 Å². The van der Waals surface area contributed by atoms with Crippen LogP contribution < -0.4 is 16.4 Å². The first-order valence-corrected chi connectivity index (χ1v) is 4.63. The van der Waals surface area contributed by atoms with Crippen LogP contribution in [0.25, 0.3) is 0 Å². The van der Waals surface area contributed by atoms with Crippen molar-refractivity contribution >= 4 is 17.4 Å². The molecule has 0 aromatic heterocycles. The molecule has 14 heavy (non-hydrogen) atoms. The van der Waals surface area contributed by atoms with Gasteiger partial charge in [0.2, 0.25) is 0 Å². The van der Waals surface area contributed by atoms with Crippen molar-refractivity contribution in [3.63, 3.8) is 0 Å². The Hall–Kier alpha value is -1.71. The average Bonchev–Trinajstić information content (AvgIpc) is 2.18. The van der Waals surface area contributed by atoms with Crippen molar-refractivity contribution in [2.75, 3.05) is 17.6 Å². The minimum absolute atomic E-state index is 0.218. The van der Waals surface area contributed by atoms with Gasteiger partial charge in [-0.3, -0.25) is 0 Å². The molecule has 0 heterocycles. The summed E-state index contributed by atoms with van der Waals surface area (Å²) in [5.41, 5.74) is 6.86. The summed E-state index contributed by atoms with van der Waals surface area (Å²) in [5, 5.41) is 5.37. The number of nitrogens with one attached hydrogen (secondary N) is 2. The van der Waals surface area contributed by atoms with Gasteiger partial charge in [0.25, 0.3) is 0 Å². The standard InChI is InChI=1S/C10H15N3O/c1-2-7-12-10(14)13-9-6-4-3-5-8(9)11/h3-6H,2,7,11H2,1H3,(H2,12,13,14). The number of carbonyl (C=O) groups is 1. The number of benzene rings is 1. The van der Waals surface area contributed by atoms with Crippen LogP contribution in [0.1, 0.15) is 13.3 Å². The molecule has 1 aromatic carbocycles. The molecule has 1 rings (SSSR count). The zero-order valence-electron chi connectivity index (χ0n) is 8.21. The third kappa shape index (κ3) is 2.97. The van der Waals surface area contributed by atoms with E-state index in [1.165, 1.54) is 0 Å². The molecule has 0 unspecified atom stereocenters. The van der Waals surface area contributed by atoms with Crippen molar-refractivity contribution in [3.05, 3.63) is 24.3 Å². The first-order valence-electron chi connectivity index (χ1n) is 4.63. The molecule has 0 atom stereocenters. The number of para-hydroxylation sites is 2. The highest BCUT2D eigenvalue weighted by molar-refractivity contribution is 5.92. The molecule has 0 bridgehead atoms. The number of hydrogen-bond donors (Lipinski definition) is 3. The van der Waals surface area contributed by atoms with Gasteiger partial charge in [0.1, 0.15) is 0 Å². The lowest BCUT2D eigenvalue weighted by atomic mass is 10.3. The molecule has 0 saturated heterocycles. The normalized spacial score (nSPS) is 9.50. The van der Waals surface area contributed by atoms with Crippen molar-refractivity contribution in [2.45, 2.75) is 13.3 Å².